The predicted octanol–water partition coefficient (Wildman–Crippen LogP) is -14.3. The summed E-state index contributed by atoms with van der Waals surface area (Å²) >= 11 is -14.0. The molecule has 0 aromatic heterocycles. The van der Waals surface area contributed by atoms with Crippen LogP contribution in [0.2, 0.25) is 0 Å². The molecule has 0 bridgehead atoms. The predicted molar refractivity (Wildman–Crippen MR) is 63.0 cm³/mol. The summed E-state index contributed by atoms with van der Waals surface area (Å²) in [4.78, 5) is 0. The molecule has 0 fully saturated rings. The van der Waals surface area contributed by atoms with Crippen molar-refractivity contribution in [3.8, 4) is 0 Å². The van der Waals surface area contributed by atoms with Crippen LogP contribution in [0, 0.1) is 0 Å². The molecule has 0 rings (SSSR count). The van der Waals surface area contributed by atoms with Crippen LogP contribution in [0.25, 0.3) is 0 Å². The second-order valence-corrected chi connectivity index (χ2v) is 2.31. The first-order valence-electron chi connectivity index (χ1n) is 3.77. The SMILES string of the molecule is [Ba+2].[Ca+2].[Ir].[O]=[Al][O-].[O]=[Al][O-].[O]=[Al][O-].[O]=[Al][O-].[O]=[Al][O-].[O]=[Al][O-].[O]=[Al][O-].[O]=[Al][O-]. The van der Waals surface area contributed by atoms with Crippen molar-refractivity contribution < 1.29 is 83.8 Å². The Morgan fingerprint density at radius 3 is 0.333 bits per heavy atom. The fourth-order valence-electron chi connectivity index (χ4n) is 0. The van der Waals surface area contributed by atoms with Gasteiger partial charge in [-0.1, -0.05) is 0 Å². The van der Waals surface area contributed by atoms with E-state index in [-0.39, 0.29) is 107 Å². The van der Waals surface area contributed by atoms with Gasteiger partial charge >= 0.3 is 274 Å². The van der Waals surface area contributed by atoms with E-state index in [1.807, 2.05) is 0 Å². The molecule has 1 radical (unpaired) electrons. The summed E-state index contributed by atoms with van der Waals surface area (Å²) in [7, 11) is 0. The molecule has 0 aliphatic rings. The Labute approximate surface area is 287 Å². The van der Waals surface area contributed by atoms with E-state index in [1.54, 1.807) is 0 Å². The van der Waals surface area contributed by atoms with Gasteiger partial charge in [-0.05, 0) is 0 Å². The van der Waals surface area contributed by atoms with E-state index in [0.29, 0.717) is 0 Å². The quantitative estimate of drug-likeness (QED) is 0.204. The number of rotatable bonds is 0. The molecule has 0 N–H and O–H groups in total. The van der Waals surface area contributed by atoms with Crippen molar-refractivity contribution in [1.29, 1.82) is 0 Å². The molecule has 0 heterocycles. The van der Waals surface area contributed by atoms with E-state index >= 15 is 0 Å². The molecule has 0 amide bonds. The Hall–Kier alpha value is 4.54. The molecule has 0 aromatic rings. The molecule has 0 aliphatic heterocycles. The molecule has 0 spiro atoms. The first-order chi connectivity index (χ1) is 11.3. The summed E-state index contributed by atoms with van der Waals surface area (Å²) in [5.74, 6) is 0. The van der Waals surface area contributed by atoms with Crippen LogP contribution in [0.1, 0.15) is 0 Å². The molecular weight excluding hydrogens is 841 g/mol. The monoisotopic (exact) mass is 843 g/mol. The number of hydrogen-bond donors (Lipinski definition) is 0. The van der Waals surface area contributed by atoms with Crippen LogP contribution >= 0.6 is 0 Å². The Morgan fingerprint density at radius 1 is 0.333 bits per heavy atom. The summed E-state index contributed by atoms with van der Waals surface area (Å²) < 4.78 is 135. The third kappa shape index (κ3) is 1210. The van der Waals surface area contributed by atoms with E-state index < -0.39 is 124 Å². The summed E-state index contributed by atoms with van der Waals surface area (Å²) in [5, 5.41) is 0. The van der Waals surface area contributed by atoms with Gasteiger partial charge in [-0.3, -0.25) is 0 Å². The molecule has 0 aromatic carbocycles. The van der Waals surface area contributed by atoms with Crippen molar-refractivity contribution in [1.82, 2.24) is 0 Å². The molecule has 0 atom stereocenters. The van der Waals surface area contributed by atoms with Gasteiger partial charge in [-0.25, -0.2) is 0 Å². The molecule has 0 aliphatic carbocycles. The molecule has 0 saturated carbocycles. The van der Waals surface area contributed by atoms with Gasteiger partial charge in [0.05, 0.1) is 0 Å². The van der Waals surface area contributed by atoms with E-state index in [9.17, 15) is 0 Å². The van der Waals surface area contributed by atoms with Gasteiger partial charge in [-0.2, -0.15) is 0 Å². The molecule has 16 nitrogen and oxygen atoms in total. The van der Waals surface area contributed by atoms with Gasteiger partial charge < -0.3 is 0 Å². The number of hydrogen-bond acceptors (Lipinski definition) is 16. The second kappa shape index (κ2) is 169. The van der Waals surface area contributed by atoms with Crippen molar-refractivity contribution in [2.24, 2.45) is 0 Å². The van der Waals surface area contributed by atoms with E-state index in [0.717, 1.165) is 0 Å². The zero-order valence-corrected chi connectivity index (χ0v) is 31.2. The summed E-state index contributed by atoms with van der Waals surface area (Å²) in [5.41, 5.74) is 0. The Morgan fingerprint density at radius 2 is 0.333 bits per heavy atom. The molecule has 0 unspecified atom stereocenters. The van der Waals surface area contributed by atoms with E-state index in [4.69, 9.17) is 63.7 Å². The maximum atomic E-state index is 8.46. The zero-order chi connectivity index (χ0) is 21.7. The van der Waals surface area contributed by atoms with Crippen LogP contribution < -0.4 is 33.3 Å². The zero-order valence-electron chi connectivity index (χ0n) is 12.9. The fraction of sp³-hybridized carbons (Fsp3) is 0. The average molecular weight is 841 g/mol. The van der Waals surface area contributed by atoms with E-state index in [2.05, 4.69) is 0 Å². The molecule has 137 valence electrons. The Balaban J connectivity index is -0.0000000119. The van der Waals surface area contributed by atoms with Gasteiger partial charge in [0.2, 0.25) is 0 Å². The topological polar surface area (TPSA) is 321 Å². The van der Waals surface area contributed by atoms with Crippen LogP contribution in [-0.4, -0.2) is 211 Å². The van der Waals surface area contributed by atoms with Gasteiger partial charge in [0.1, 0.15) is 0 Å². The fourth-order valence-corrected chi connectivity index (χ4v) is 0. The minimum atomic E-state index is -1.75. The van der Waals surface area contributed by atoms with Crippen molar-refractivity contribution in [2.45, 2.75) is 0 Å². The van der Waals surface area contributed by atoms with Crippen molar-refractivity contribution in [2.75, 3.05) is 0 Å². The van der Waals surface area contributed by atoms with Gasteiger partial charge in [0, 0.05) is 20.1 Å². The molecule has 27 heteroatoms. The first-order valence-corrected chi connectivity index (χ1v) is 11.3. The summed E-state index contributed by atoms with van der Waals surface area (Å²) in [6, 6.07) is 0. The minimum absolute atomic E-state index is 0. The molecular formula is Al8BaCaIrO16-4. The first kappa shape index (κ1) is 69.7. The summed E-state index contributed by atoms with van der Waals surface area (Å²) in [6.07, 6.45) is 0. The van der Waals surface area contributed by atoms with Crippen molar-refractivity contribution >= 4 is 211 Å². The van der Waals surface area contributed by atoms with Crippen LogP contribution in [-0.2, 0) is 50.5 Å². The standard InChI is InChI=1S/8Al.Ba.Ca.Ir.16O/q;;;;;;;;2*+2;;;;;;;;;;8*-1. The van der Waals surface area contributed by atoms with Crippen LogP contribution in [0.3, 0.4) is 0 Å². The van der Waals surface area contributed by atoms with Crippen molar-refractivity contribution in [3.05, 3.63) is 0 Å². The third-order valence-electron chi connectivity index (χ3n) is 0. The molecule has 27 heavy (non-hydrogen) atoms. The van der Waals surface area contributed by atoms with Gasteiger partial charge in [0.25, 0.3) is 0 Å². The normalized spacial score (nSPS) is 2.37. The van der Waals surface area contributed by atoms with Crippen molar-refractivity contribution in [3.63, 3.8) is 0 Å². The van der Waals surface area contributed by atoms with Gasteiger partial charge in [-0.15, -0.1) is 0 Å². The Kier molecular flexibility index (Phi) is 438. The Bertz CT molecular complexity index is 172. The van der Waals surface area contributed by atoms with Crippen LogP contribution in [0.15, 0.2) is 0 Å². The summed E-state index contributed by atoms with van der Waals surface area (Å²) in [6.45, 7) is 0. The van der Waals surface area contributed by atoms with Gasteiger partial charge in [0.15, 0.2) is 0 Å². The maximum absolute atomic E-state index is 8.46. The second-order valence-electron chi connectivity index (χ2n) is 0.770. The third-order valence-corrected chi connectivity index (χ3v) is 0. The van der Waals surface area contributed by atoms with Crippen LogP contribution in [0.5, 0.6) is 0 Å². The van der Waals surface area contributed by atoms with E-state index in [1.165, 1.54) is 0 Å². The average Bonchev–Trinajstić information content (AvgIpc) is 2.45. The van der Waals surface area contributed by atoms with Crippen LogP contribution in [0.4, 0.5) is 0 Å². The molecule has 0 saturated heterocycles.